The number of aliphatic hydroxyl groups excluding tert-OH is 1. The van der Waals surface area contributed by atoms with Crippen molar-refractivity contribution < 1.29 is 9.90 Å². The number of unbranched alkanes of at least 4 members (excludes halogenated alkanes) is 12. The Morgan fingerprint density at radius 3 is 1.83 bits per heavy atom. The Kier molecular flexibility index (Phi) is 15.4. The standard InChI is InChI=1S/C25H44N2O2/c1-2-3-4-5-6-7-8-9-10-11-12-13-17-20-24(28)27-23(21-26)25(29)22-18-15-14-16-19-22/h14-16,18-19,23,25,29H,2-13,17,20-21,26H2,1H3,(H,27,28)/t23-,25-/m1/s1. The summed E-state index contributed by atoms with van der Waals surface area (Å²) in [4.78, 5) is 12.2. The molecule has 4 heteroatoms. The molecule has 0 fully saturated rings. The number of hydrogen-bond acceptors (Lipinski definition) is 3. The van der Waals surface area contributed by atoms with Gasteiger partial charge in [0, 0.05) is 13.0 Å². The summed E-state index contributed by atoms with van der Waals surface area (Å²) in [6.07, 6.45) is 16.6. The van der Waals surface area contributed by atoms with Gasteiger partial charge < -0.3 is 16.2 Å². The first-order chi connectivity index (χ1) is 14.2. The number of nitrogens with one attached hydrogen (secondary N) is 1. The predicted octanol–water partition coefficient (Wildman–Crippen LogP) is 5.64. The molecule has 0 spiro atoms. The number of rotatable bonds is 18. The van der Waals surface area contributed by atoms with E-state index in [0.717, 1.165) is 18.4 Å². The van der Waals surface area contributed by atoms with E-state index in [1.165, 1.54) is 70.6 Å². The van der Waals surface area contributed by atoms with E-state index >= 15 is 0 Å². The Balaban J connectivity index is 2.00. The molecule has 29 heavy (non-hydrogen) atoms. The second kappa shape index (κ2) is 17.5. The van der Waals surface area contributed by atoms with Gasteiger partial charge in [-0.1, -0.05) is 114 Å². The highest BCUT2D eigenvalue weighted by molar-refractivity contribution is 5.76. The number of nitrogens with two attached hydrogens (primary N) is 1. The van der Waals surface area contributed by atoms with Crippen LogP contribution >= 0.6 is 0 Å². The summed E-state index contributed by atoms with van der Waals surface area (Å²) in [5.41, 5.74) is 6.54. The van der Waals surface area contributed by atoms with Crippen LogP contribution in [0.25, 0.3) is 0 Å². The summed E-state index contributed by atoms with van der Waals surface area (Å²) >= 11 is 0. The molecular formula is C25H44N2O2. The first kappa shape index (κ1) is 25.6. The quantitative estimate of drug-likeness (QED) is 0.277. The third-order valence-electron chi connectivity index (χ3n) is 5.63. The van der Waals surface area contributed by atoms with Gasteiger partial charge in [-0.15, -0.1) is 0 Å². The third kappa shape index (κ3) is 12.7. The lowest BCUT2D eigenvalue weighted by Gasteiger charge is -2.23. The van der Waals surface area contributed by atoms with Gasteiger partial charge in [0.1, 0.15) is 6.10 Å². The molecule has 4 N–H and O–H groups in total. The van der Waals surface area contributed by atoms with E-state index in [4.69, 9.17) is 5.73 Å². The van der Waals surface area contributed by atoms with Crippen LogP contribution in [-0.2, 0) is 4.79 Å². The van der Waals surface area contributed by atoms with E-state index in [1.54, 1.807) is 0 Å². The number of aliphatic hydroxyl groups is 1. The molecule has 4 nitrogen and oxygen atoms in total. The largest absolute Gasteiger partial charge is 0.386 e. The van der Waals surface area contributed by atoms with Crippen molar-refractivity contribution in [1.82, 2.24) is 5.32 Å². The molecule has 0 saturated carbocycles. The van der Waals surface area contributed by atoms with Crippen LogP contribution in [0.2, 0.25) is 0 Å². The van der Waals surface area contributed by atoms with Crippen molar-refractivity contribution in [1.29, 1.82) is 0 Å². The fourth-order valence-corrected chi connectivity index (χ4v) is 3.73. The van der Waals surface area contributed by atoms with Crippen molar-refractivity contribution in [3.8, 4) is 0 Å². The highest BCUT2D eigenvalue weighted by Gasteiger charge is 2.21. The first-order valence-electron chi connectivity index (χ1n) is 11.9. The summed E-state index contributed by atoms with van der Waals surface area (Å²) < 4.78 is 0. The lowest BCUT2D eigenvalue weighted by atomic mass is 10.0. The van der Waals surface area contributed by atoms with Crippen LogP contribution in [0, 0.1) is 0 Å². The summed E-state index contributed by atoms with van der Waals surface area (Å²) in [5, 5.41) is 13.3. The van der Waals surface area contributed by atoms with Crippen LogP contribution in [0.3, 0.4) is 0 Å². The maximum atomic E-state index is 12.2. The molecule has 1 amide bonds. The van der Waals surface area contributed by atoms with Gasteiger partial charge in [0.25, 0.3) is 0 Å². The zero-order valence-corrected chi connectivity index (χ0v) is 18.6. The van der Waals surface area contributed by atoms with E-state index in [9.17, 15) is 9.90 Å². The lowest BCUT2D eigenvalue weighted by Crippen LogP contribution is -2.44. The van der Waals surface area contributed by atoms with Crippen LogP contribution in [-0.4, -0.2) is 23.6 Å². The molecule has 1 rings (SSSR count). The maximum absolute atomic E-state index is 12.2. The van der Waals surface area contributed by atoms with Gasteiger partial charge in [-0.05, 0) is 12.0 Å². The third-order valence-corrected chi connectivity index (χ3v) is 5.63. The Bertz CT molecular complexity index is 507. The summed E-state index contributed by atoms with van der Waals surface area (Å²) in [7, 11) is 0. The molecule has 0 aliphatic carbocycles. The zero-order chi connectivity index (χ0) is 21.2. The van der Waals surface area contributed by atoms with Crippen LogP contribution in [0.1, 0.15) is 108 Å². The molecule has 0 aliphatic heterocycles. The minimum Gasteiger partial charge on any atom is -0.386 e. The Morgan fingerprint density at radius 1 is 0.862 bits per heavy atom. The van der Waals surface area contributed by atoms with Crippen molar-refractivity contribution in [2.45, 2.75) is 109 Å². The Hall–Kier alpha value is -1.39. The second-order valence-corrected chi connectivity index (χ2v) is 8.26. The minimum atomic E-state index is -0.767. The average Bonchev–Trinajstić information content (AvgIpc) is 2.75. The molecule has 1 aromatic carbocycles. The highest BCUT2D eigenvalue weighted by atomic mass is 16.3. The van der Waals surface area contributed by atoms with Crippen molar-refractivity contribution in [2.75, 3.05) is 6.54 Å². The minimum absolute atomic E-state index is 0.0153. The van der Waals surface area contributed by atoms with Gasteiger partial charge in [0.05, 0.1) is 6.04 Å². The van der Waals surface area contributed by atoms with Crippen LogP contribution < -0.4 is 11.1 Å². The molecule has 0 aromatic heterocycles. The Labute approximate surface area is 178 Å². The van der Waals surface area contributed by atoms with Gasteiger partial charge in [0.2, 0.25) is 5.91 Å². The molecule has 0 heterocycles. The number of hydrogen-bond donors (Lipinski definition) is 3. The van der Waals surface area contributed by atoms with Crippen LogP contribution in [0.4, 0.5) is 0 Å². The number of amides is 1. The lowest BCUT2D eigenvalue weighted by molar-refractivity contribution is -0.122. The summed E-state index contributed by atoms with van der Waals surface area (Å²) in [6, 6.07) is 8.92. The SMILES string of the molecule is CCCCCCCCCCCCCCCC(=O)N[C@H](CN)[C@H](O)c1ccccc1. The van der Waals surface area contributed by atoms with Crippen LogP contribution in [0.5, 0.6) is 0 Å². The molecule has 0 radical (unpaired) electrons. The van der Waals surface area contributed by atoms with E-state index in [2.05, 4.69) is 12.2 Å². The van der Waals surface area contributed by atoms with Gasteiger partial charge in [-0.2, -0.15) is 0 Å². The van der Waals surface area contributed by atoms with Gasteiger partial charge >= 0.3 is 0 Å². The predicted molar refractivity (Wildman–Crippen MR) is 123 cm³/mol. The zero-order valence-electron chi connectivity index (χ0n) is 18.6. The average molecular weight is 405 g/mol. The molecule has 0 unspecified atom stereocenters. The first-order valence-corrected chi connectivity index (χ1v) is 11.9. The van der Waals surface area contributed by atoms with Gasteiger partial charge in [0.15, 0.2) is 0 Å². The van der Waals surface area contributed by atoms with Crippen molar-refractivity contribution >= 4 is 5.91 Å². The van der Waals surface area contributed by atoms with Gasteiger partial charge in [-0.3, -0.25) is 4.79 Å². The van der Waals surface area contributed by atoms with E-state index in [1.807, 2.05) is 30.3 Å². The normalized spacial score (nSPS) is 13.2. The van der Waals surface area contributed by atoms with Crippen LogP contribution in [0.15, 0.2) is 30.3 Å². The number of benzene rings is 1. The van der Waals surface area contributed by atoms with E-state index in [0.29, 0.717) is 6.42 Å². The highest BCUT2D eigenvalue weighted by Crippen LogP contribution is 2.16. The van der Waals surface area contributed by atoms with E-state index < -0.39 is 12.1 Å². The fraction of sp³-hybridized carbons (Fsp3) is 0.720. The molecular weight excluding hydrogens is 360 g/mol. The monoisotopic (exact) mass is 404 g/mol. The Morgan fingerprint density at radius 2 is 1.34 bits per heavy atom. The fourth-order valence-electron chi connectivity index (χ4n) is 3.73. The maximum Gasteiger partial charge on any atom is 0.220 e. The second-order valence-electron chi connectivity index (χ2n) is 8.26. The van der Waals surface area contributed by atoms with Crippen molar-refractivity contribution in [3.05, 3.63) is 35.9 Å². The van der Waals surface area contributed by atoms with Gasteiger partial charge in [-0.25, -0.2) is 0 Å². The number of carbonyl (C=O) groups is 1. The topological polar surface area (TPSA) is 75.4 Å². The smallest absolute Gasteiger partial charge is 0.220 e. The summed E-state index contributed by atoms with van der Waals surface area (Å²) in [6.45, 7) is 2.49. The van der Waals surface area contributed by atoms with Crippen molar-refractivity contribution in [2.24, 2.45) is 5.73 Å². The van der Waals surface area contributed by atoms with Crippen molar-refractivity contribution in [3.63, 3.8) is 0 Å². The van der Waals surface area contributed by atoms with E-state index in [-0.39, 0.29) is 12.5 Å². The molecule has 1 aromatic rings. The number of carbonyl (C=O) groups excluding carboxylic acids is 1. The molecule has 0 bridgehead atoms. The molecule has 0 aliphatic rings. The molecule has 0 saturated heterocycles. The molecule has 2 atom stereocenters. The molecule has 166 valence electrons. The summed E-state index contributed by atoms with van der Waals surface area (Å²) in [5.74, 6) is -0.0153.